The standard InChI is InChI=1S/C23H26N2O4/c1-14-10-11-25-19(12-14)21(16-6-4-5-7-17(16)23(25)27)22(26)24-18-9-8-15(28-2)13-20(18)29-3/h4-9,13-14,19,21H,10-12H2,1-3H3,(H,24,26)/t14-,19+,21-/m1/s1. The average molecular weight is 394 g/mol. The monoisotopic (exact) mass is 394 g/mol. The summed E-state index contributed by atoms with van der Waals surface area (Å²) in [5.41, 5.74) is 2.01. The summed E-state index contributed by atoms with van der Waals surface area (Å²) >= 11 is 0. The van der Waals surface area contributed by atoms with Crippen LogP contribution in [0.1, 0.15) is 41.6 Å². The number of nitrogens with one attached hydrogen (secondary N) is 1. The number of hydrogen-bond donors (Lipinski definition) is 1. The molecule has 1 N–H and O–H groups in total. The van der Waals surface area contributed by atoms with Gasteiger partial charge < -0.3 is 19.7 Å². The molecule has 6 nitrogen and oxygen atoms in total. The third kappa shape index (κ3) is 3.43. The Hall–Kier alpha value is -3.02. The van der Waals surface area contributed by atoms with Crippen LogP contribution in [0.3, 0.4) is 0 Å². The number of anilines is 1. The van der Waals surface area contributed by atoms with Crippen molar-refractivity contribution in [3.05, 3.63) is 53.6 Å². The van der Waals surface area contributed by atoms with Gasteiger partial charge in [-0.2, -0.15) is 0 Å². The number of amides is 2. The summed E-state index contributed by atoms with van der Waals surface area (Å²) in [7, 11) is 3.14. The highest BCUT2D eigenvalue weighted by Gasteiger charge is 2.45. The molecule has 2 aromatic carbocycles. The number of carbonyl (C=O) groups excluding carboxylic acids is 2. The van der Waals surface area contributed by atoms with Gasteiger partial charge in [-0.3, -0.25) is 9.59 Å². The predicted molar refractivity (Wildman–Crippen MR) is 111 cm³/mol. The minimum Gasteiger partial charge on any atom is -0.497 e. The average Bonchev–Trinajstić information content (AvgIpc) is 2.74. The molecule has 0 bridgehead atoms. The third-order valence-electron chi connectivity index (χ3n) is 6.03. The number of ether oxygens (including phenoxy) is 2. The summed E-state index contributed by atoms with van der Waals surface area (Å²) in [5.74, 6) is 1.15. The van der Waals surface area contributed by atoms with Gasteiger partial charge in [0.15, 0.2) is 0 Å². The molecule has 2 aromatic rings. The molecule has 0 aromatic heterocycles. The van der Waals surface area contributed by atoms with Gasteiger partial charge in [0.2, 0.25) is 5.91 Å². The van der Waals surface area contributed by atoms with Crippen molar-refractivity contribution in [2.75, 3.05) is 26.1 Å². The quantitative estimate of drug-likeness (QED) is 0.859. The van der Waals surface area contributed by atoms with E-state index in [1.807, 2.05) is 29.2 Å². The van der Waals surface area contributed by atoms with Crippen molar-refractivity contribution in [2.45, 2.75) is 31.7 Å². The zero-order chi connectivity index (χ0) is 20.5. The minimum atomic E-state index is -0.418. The molecule has 152 valence electrons. The van der Waals surface area contributed by atoms with Gasteiger partial charge in [0.1, 0.15) is 11.5 Å². The van der Waals surface area contributed by atoms with Gasteiger partial charge in [0.25, 0.3) is 5.91 Å². The molecule has 4 rings (SSSR count). The van der Waals surface area contributed by atoms with Gasteiger partial charge in [-0.15, -0.1) is 0 Å². The molecule has 0 radical (unpaired) electrons. The molecular weight excluding hydrogens is 368 g/mol. The molecule has 0 unspecified atom stereocenters. The Morgan fingerprint density at radius 1 is 1.14 bits per heavy atom. The Morgan fingerprint density at radius 2 is 1.93 bits per heavy atom. The van der Waals surface area contributed by atoms with E-state index in [2.05, 4.69) is 12.2 Å². The maximum absolute atomic E-state index is 13.5. The number of carbonyl (C=O) groups is 2. The SMILES string of the molecule is COc1ccc(NC(=O)[C@@H]2c3ccccc3C(=O)N3CC[C@@H](C)C[C@@H]23)c(OC)c1. The molecule has 0 spiro atoms. The molecule has 2 heterocycles. The lowest BCUT2D eigenvalue weighted by Gasteiger charge is -2.46. The van der Waals surface area contributed by atoms with Gasteiger partial charge in [0, 0.05) is 24.2 Å². The van der Waals surface area contributed by atoms with Gasteiger partial charge >= 0.3 is 0 Å². The van der Waals surface area contributed by atoms with Crippen molar-refractivity contribution >= 4 is 17.5 Å². The lowest BCUT2D eigenvalue weighted by molar-refractivity contribution is -0.119. The van der Waals surface area contributed by atoms with Crippen LogP contribution in [0.2, 0.25) is 0 Å². The van der Waals surface area contributed by atoms with Gasteiger partial charge in [-0.05, 0) is 42.5 Å². The summed E-state index contributed by atoms with van der Waals surface area (Å²) in [6, 6.07) is 12.6. The summed E-state index contributed by atoms with van der Waals surface area (Å²) in [4.78, 5) is 28.4. The van der Waals surface area contributed by atoms with E-state index in [0.717, 1.165) is 18.4 Å². The Labute approximate surface area is 170 Å². The largest absolute Gasteiger partial charge is 0.497 e. The number of hydrogen-bond acceptors (Lipinski definition) is 4. The second-order valence-electron chi connectivity index (χ2n) is 7.82. The van der Waals surface area contributed by atoms with Crippen LogP contribution in [0.25, 0.3) is 0 Å². The first kappa shape index (κ1) is 19.3. The minimum absolute atomic E-state index is 0.0311. The molecule has 1 saturated heterocycles. The molecule has 3 atom stereocenters. The molecular formula is C23H26N2O4. The van der Waals surface area contributed by atoms with Crippen LogP contribution in [0.4, 0.5) is 5.69 Å². The summed E-state index contributed by atoms with van der Waals surface area (Å²) < 4.78 is 10.7. The van der Waals surface area contributed by atoms with Crippen molar-refractivity contribution < 1.29 is 19.1 Å². The Balaban J connectivity index is 1.71. The highest BCUT2D eigenvalue weighted by molar-refractivity contribution is 6.04. The zero-order valence-electron chi connectivity index (χ0n) is 17.0. The predicted octanol–water partition coefficient (Wildman–Crippen LogP) is 3.68. The Kier molecular flexibility index (Phi) is 5.18. The second-order valence-corrected chi connectivity index (χ2v) is 7.82. The highest BCUT2D eigenvalue weighted by Crippen LogP contribution is 2.40. The molecule has 0 aliphatic carbocycles. The van der Waals surface area contributed by atoms with E-state index in [1.165, 1.54) is 0 Å². The molecule has 6 heteroatoms. The second kappa shape index (κ2) is 7.78. The fraction of sp³-hybridized carbons (Fsp3) is 0.391. The smallest absolute Gasteiger partial charge is 0.254 e. The van der Waals surface area contributed by atoms with Crippen molar-refractivity contribution in [2.24, 2.45) is 5.92 Å². The first-order chi connectivity index (χ1) is 14.0. The van der Waals surface area contributed by atoms with Crippen molar-refractivity contribution in [3.8, 4) is 11.5 Å². The van der Waals surface area contributed by atoms with E-state index in [9.17, 15) is 9.59 Å². The Morgan fingerprint density at radius 3 is 2.69 bits per heavy atom. The third-order valence-corrected chi connectivity index (χ3v) is 6.03. The van der Waals surface area contributed by atoms with Crippen LogP contribution in [-0.4, -0.2) is 43.5 Å². The fourth-order valence-electron chi connectivity index (χ4n) is 4.50. The maximum atomic E-state index is 13.5. The Bertz CT molecular complexity index is 942. The topological polar surface area (TPSA) is 67.9 Å². The number of methoxy groups -OCH3 is 2. The molecule has 29 heavy (non-hydrogen) atoms. The molecule has 1 fully saturated rings. The zero-order valence-corrected chi connectivity index (χ0v) is 17.0. The van der Waals surface area contributed by atoms with Gasteiger partial charge in [-0.25, -0.2) is 0 Å². The van der Waals surface area contributed by atoms with Crippen molar-refractivity contribution in [3.63, 3.8) is 0 Å². The van der Waals surface area contributed by atoms with Crippen LogP contribution in [0.15, 0.2) is 42.5 Å². The summed E-state index contributed by atoms with van der Waals surface area (Å²) in [6.07, 6.45) is 1.78. The van der Waals surface area contributed by atoms with E-state index >= 15 is 0 Å². The summed E-state index contributed by atoms with van der Waals surface area (Å²) in [6.45, 7) is 2.87. The van der Waals surface area contributed by atoms with Gasteiger partial charge in [-0.1, -0.05) is 25.1 Å². The number of rotatable bonds is 4. The van der Waals surface area contributed by atoms with Gasteiger partial charge in [0.05, 0.1) is 25.8 Å². The van der Waals surface area contributed by atoms with E-state index in [4.69, 9.17) is 9.47 Å². The number of fused-ring (bicyclic) bond motifs is 2. The first-order valence-electron chi connectivity index (χ1n) is 9.96. The summed E-state index contributed by atoms with van der Waals surface area (Å²) in [5, 5.41) is 3.03. The van der Waals surface area contributed by atoms with E-state index in [1.54, 1.807) is 32.4 Å². The van der Waals surface area contributed by atoms with Crippen LogP contribution in [-0.2, 0) is 4.79 Å². The van der Waals surface area contributed by atoms with E-state index in [0.29, 0.717) is 35.2 Å². The van der Waals surface area contributed by atoms with Crippen LogP contribution in [0.5, 0.6) is 11.5 Å². The van der Waals surface area contributed by atoms with E-state index in [-0.39, 0.29) is 17.9 Å². The lowest BCUT2D eigenvalue weighted by atomic mass is 9.76. The molecule has 2 aliphatic heterocycles. The number of nitrogens with zero attached hydrogens (tertiary/aromatic N) is 1. The van der Waals surface area contributed by atoms with E-state index < -0.39 is 5.92 Å². The molecule has 2 aliphatic rings. The number of piperidine rings is 1. The molecule has 0 saturated carbocycles. The van der Waals surface area contributed by atoms with Crippen LogP contribution < -0.4 is 14.8 Å². The maximum Gasteiger partial charge on any atom is 0.254 e. The normalized spacial score (nSPS) is 23.1. The number of benzene rings is 2. The van der Waals surface area contributed by atoms with Crippen molar-refractivity contribution in [1.82, 2.24) is 4.90 Å². The lowest BCUT2D eigenvalue weighted by Crippen LogP contribution is -2.54. The van der Waals surface area contributed by atoms with Crippen LogP contribution in [0, 0.1) is 5.92 Å². The van der Waals surface area contributed by atoms with Crippen molar-refractivity contribution in [1.29, 1.82) is 0 Å². The first-order valence-corrected chi connectivity index (χ1v) is 9.96. The fourth-order valence-corrected chi connectivity index (χ4v) is 4.50. The highest BCUT2D eigenvalue weighted by atomic mass is 16.5. The molecule has 2 amide bonds. The van der Waals surface area contributed by atoms with Crippen LogP contribution >= 0.6 is 0 Å².